The van der Waals surface area contributed by atoms with E-state index in [1.165, 1.54) is 0 Å². The molecule has 0 fully saturated rings. The lowest BCUT2D eigenvalue weighted by atomic mass is 10.1. The first-order valence-corrected chi connectivity index (χ1v) is 7.04. The summed E-state index contributed by atoms with van der Waals surface area (Å²) in [5.41, 5.74) is 1.16. The Bertz CT molecular complexity index is 355. The van der Waals surface area contributed by atoms with Crippen molar-refractivity contribution in [3.8, 4) is 0 Å². The molecule has 0 spiro atoms. The molecule has 1 N–H and O–H groups in total. The molecule has 1 heterocycles. The van der Waals surface area contributed by atoms with Gasteiger partial charge in [0.15, 0.2) is 0 Å². The number of aliphatic hydroxyl groups is 1. The number of aromatic nitrogens is 1. The second kappa shape index (κ2) is 6.87. The lowest BCUT2D eigenvalue weighted by Gasteiger charge is -2.15. The molecule has 1 rings (SSSR count). The fraction of sp³-hybridized carbons (Fsp3) is 0.615. The molecule has 17 heavy (non-hydrogen) atoms. The fourth-order valence-electron chi connectivity index (χ4n) is 1.53. The van der Waals surface area contributed by atoms with Crippen molar-refractivity contribution in [3.05, 3.63) is 17.7 Å². The van der Waals surface area contributed by atoms with Gasteiger partial charge in [0.2, 0.25) is 0 Å². The van der Waals surface area contributed by atoms with Gasteiger partial charge in [-0.3, -0.25) is 0 Å². The lowest BCUT2D eigenvalue weighted by molar-refractivity contribution is 0.170. The van der Waals surface area contributed by atoms with E-state index in [4.69, 9.17) is 0 Å². The van der Waals surface area contributed by atoms with Gasteiger partial charge in [0.1, 0.15) is 5.82 Å². The molecule has 0 saturated heterocycles. The van der Waals surface area contributed by atoms with Crippen LogP contribution in [0, 0.1) is 0 Å². The molecule has 0 aliphatic rings. The average molecular weight is 254 g/mol. The van der Waals surface area contributed by atoms with E-state index in [1.807, 2.05) is 25.9 Å². The third kappa shape index (κ3) is 4.56. The number of anilines is 1. The molecule has 0 amide bonds. The summed E-state index contributed by atoms with van der Waals surface area (Å²) in [5, 5.41) is 10.8. The van der Waals surface area contributed by atoms with E-state index in [0.717, 1.165) is 28.6 Å². The Labute approximate surface area is 108 Å². The van der Waals surface area contributed by atoms with Crippen LogP contribution in [0.2, 0.25) is 0 Å². The zero-order chi connectivity index (χ0) is 12.8. The van der Waals surface area contributed by atoms with Crippen molar-refractivity contribution in [1.29, 1.82) is 0 Å². The highest BCUT2D eigenvalue weighted by Gasteiger charge is 2.08. The SMILES string of the molecule is CCSc1cc(CC(O)CC)cc(N(C)C)n1. The molecule has 1 unspecified atom stereocenters. The van der Waals surface area contributed by atoms with Gasteiger partial charge in [0, 0.05) is 14.1 Å². The maximum absolute atomic E-state index is 9.72. The maximum Gasteiger partial charge on any atom is 0.129 e. The predicted octanol–water partition coefficient (Wildman–Crippen LogP) is 2.57. The Morgan fingerprint density at radius 3 is 2.59 bits per heavy atom. The van der Waals surface area contributed by atoms with Gasteiger partial charge in [-0.2, -0.15) is 0 Å². The zero-order valence-corrected chi connectivity index (χ0v) is 11.9. The molecule has 0 bridgehead atoms. The van der Waals surface area contributed by atoms with Crippen LogP contribution in [0.3, 0.4) is 0 Å². The van der Waals surface area contributed by atoms with Crippen molar-refractivity contribution in [1.82, 2.24) is 4.98 Å². The van der Waals surface area contributed by atoms with Gasteiger partial charge in [-0.15, -0.1) is 11.8 Å². The molecule has 3 nitrogen and oxygen atoms in total. The summed E-state index contributed by atoms with van der Waals surface area (Å²) in [7, 11) is 3.98. The fourth-order valence-corrected chi connectivity index (χ4v) is 2.22. The second-order valence-electron chi connectivity index (χ2n) is 4.27. The van der Waals surface area contributed by atoms with Gasteiger partial charge in [-0.05, 0) is 36.3 Å². The maximum atomic E-state index is 9.72. The summed E-state index contributed by atoms with van der Waals surface area (Å²) in [6.45, 7) is 4.12. The summed E-state index contributed by atoms with van der Waals surface area (Å²) < 4.78 is 0. The topological polar surface area (TPSA) is 36.4 Å². The first-order valence-electron chi connectivity index (χ1n) is 6.06. The second-order valence-corrected chi connectivity index (χ2v) is 5.55. The van der Waals surface area contributed by atoms with Gasteiger partial charge < -0.3 is 10.0 Å². The number of rotatable bonds is 6. The minimum atomic E-state index is -0.258. The van der Waals surface area contributed by atoms with E-state index in [2.05, 4.69) is 24.0 Å². The smallest absolute Gasteiger partial charge is 0.129 e. The first-order chi connectivity index (χ1) is 8.06. The summed E-state index contributed by atoms with van der Waals surface area (Å²) >= 11 is 1.74. The monoisotopic (exact) mass is 254 g/mol. The van der Waals surface area contributed by atoms with Crippen LogP contribution in [0.1, 0.15) is 25.8 Å². The highest BCUT2D eigenvalue weighted by atomic mass is 32.2. The van der Waals surface area contributed by atoms with Gasteiger partial charge >= 0.3 is 0 Å². The molecule has 1 aromatic rings. The summed E-state index contributed by atoms with van der Waals surface area (Å²) in [6, 6.07) is 4.14. The third-order valence-electron chi connectivity index (χ3n) is 2.54. The highest BCUT2D eigenvalue weighted by molar-refractivity contribution is 7.99. The van der Waals surface area contributed by atoms with E-state index in [9.17, 15) is 5.11 Å². The number of aliphatic hydroxyl groups excluding tert-OH is 1. The minimum absolute atomic E-state index is 0.258. The molecule has 1 atom stereocenters. The Morgan fingerprint density at radius 2 is 2.06 bits per heavy atom. The van der Waals surface area contributed by atoms with Crippen molar-refractivity contribution in [2.45, 2.75) is 37.8 Å². The van der Waals surface area contributed by atoms with Crippen LogP contribution in [0.15, 0.2) is 17.2 Å². The Hall–Kier alpha value is -0.740. The normalized spacial score (nSPS) is 12.5. The van der Waals surface area contributed by atoms with Crippen LogP contribution in [0.4, 0.5) is 5.82 Å². The molecular formula is C13H22N2OS. The molecule has 0 aliphatic carbocycles. The van der Waals surface area contributed by atoms with Gasteiger partial charge in [-0.1, -0.05) is 13.8 Å². The Morgan fingerprint density at radius 1 is 1.35 bits per heavy atom. The van der Waals surface area contributed by atoms with Gasteiger partial charge in [0.25, 0.3) is 0 Å². The number of hydrogen-bond acceptors (Lipinski definition) is 4. The van der Waals surface area contributed by atoms with E-state index >= 15 is 0 Å². The van der Waals surface area contributed by atoms with Crippen molar-refractivity contribution in [3.63, 3.8) is 0 Å². The Balaban J connectivity index is 2.94. The van der Waals surface area contributed by atoms with Crippen molar-refractivity contribution < 1.29 is 5.11 Å². The lowest BCUT2D eigenvalue weighted by Crippen LogP contribution is -2.13. The summed E-state index contributed by atoms with van der Waals surface area (Å²) in [5.74, 6) is 1.97. The first kappa shape index (κ1) is 14.3. The summed E-state index contributed by atoms with van der Waals surface area (Å²) in [6.07, 6.45) is 1.24. The van der Waals surface area contributed by atoms with Crippen LogP contribution in [0.25, 0.3) is 0 Å². The minimum Gasteiger partial charge on any atom is -0.393 e. The van der Waals surface area contributed by atoms with Crippen molar-refractivity contribution in [2.75, 3.05) is 24.7 Å². The molecule has 0 aliphatic heterocycles. The Kier molecular flexibility index (Phi) is 5.78. The van der Waals surface area contributed by atoms with Crippen molar-refractivity contribution >= 4 is 17.6 Å². The van der Waals surface area contributed by atoms with Gasteiger partial charge in [-0.25, -0.2) is 4.98 Å². The van der Waals surface area contributed by atoms with E-state index in [0.29, 0.717) is 6.42 Å². The van der Waals surface area contributed by atoms with Crippen LogP contribution >= 0.6 is 11.8 Å². The number of pyridine rings is 1. The van der Waals surface area contributed by atoms with Crippen LogP contribution in [-0.2, 0) is 6.42 Å². The van der Waals surface area contributed by atoms with E-state index in [1.54, 1.807) is 11.8 Å². The largest absolute Gasteiger partial charge is 0.393 e. The van der Waals surface area contributed by atoms with E-state index < -0.39 is 0 Å². The quantitative estimate of drug-likeness (QED) is 0.792. The predicted molar refractivity (Wildman–Crippen MR) is 75.0 cm³/mol. The highest BCUT2D eigenvalue weighted by Crippen LogP contribution is 2.22. The number of nitrogens with zero attached hydrogens (tertiary/aromatic N) is 2. The van der Waals surface area contributed by atoms with Crippen LogP contribution < -0.4 is 4.90 Å². The summed E-state index contributed by atoms with van der Waals surface area (Å²) in [4.78, 5) is 6.56. The molecule has 0 radical (unpaired) electrons. The molecule has 4 heteroatoms. The average Bonchev–Trinajstić information content (AvgIpc) is 2.29. The number of hydrogen-bond donors (Lipinski definition) is 1. The molecule has 96 valence electrons. The number of thioether (sulfide) groups is 1. The molecule has 0 saturated carbocycles. The molecular weight excluding hydrogens is 232 g/mol. The van der Waals surface area contributed by atoms with Crippen LogP contribution in [0.5, 0.6) is 0 Å². The molecule has 1 aromatic heterocycles. The van der Waals surface area contributed by atoms with Gasteiger partial charge in [0.05, 0.1) is 11.1 Å². The van der Waals surface area contributed by atoms with E-state index in [-0.39, 0.29) is 6.10 Å². The standard InChI is InChI=1S/C13H22N2OS/c1-5-11(16)7-10-8-12(15(3)4)14-13(9-10)17-6-2/h8-9,11,16H,5-7H2,1-4H3. The third-order valence-corrected chi connectivity index (χ3v) is 3.33. The van der Waals surface area contributed by atoms with Crippen LogP contribution in [-0.4, -0.2) is 36.0 Å². The van der Waals surface area contributed by atoms with Crippen molar-refractivity contribution in [2.24, 2.45) is 0 Å². The zero-order valence-electron chi connectivity index (χ0n) is 11.1. The molecule has 0 aromatic carbocycles.